The Morgan fingerprint density at radius 2 is 1.90 bits per heavy atom. The van der Waals surface area contributed by atoms with Gasteiger partial charge in [0.05, 0.1) is 18.9 Å². The molecule has 2 saturated heterocycles. The Morgan fingerprint density at radius 1 is 1.24 bits per heavy atom. The van der Waals surface area contributed by atoms with E-state index in [2.05, 4.69) is 16.7 Å². The standard InChI is InChI=1S/C15H26N2O4/c1-10-11(15(20)21-3)5-8-17(10)9-6-13-12(14(18)19)4-7-16(13)2/h10-13H,4-9H2,1-3H3,(H,18,19)/t10-,11-,12-,13?/m0/s1. The molecule has 2 rings (SSSR count). The van der Waals surface area contributed by atoms with Gasteiger partial charge in [-0.25, -0.2) is 0 Å². The zero-order valence-corrected chi connectivity index (χ0v) is 13.1. The van der Waals surface area contributed by atoms with Crippen molar-refractivity contribution in [2.45, 2.75) is 38.3 Å². The van der Waals surface area contributed by atoms with E-state index in [-0.39, 0.29) is 29.9 Å². The minimum absolute atomic E-state index is 0.0495. The summed E-state index contributed by atoms with van der Waals surface area (Å²) < 4.78 is 4.84. The van der Waals surface area contributed by atoms with Gasteiger partial charge in [-0.1, -0.05) is 0 Å². The molecule has 0 aliphatic carbocycles. The van der Waals surface area contributed by atoms with Crippen LogP contribution in [0.1, 0.15) is 26.2 Å². The second-order valence-electron chi connectivity index (χ2n) is 6.26. The van der Waals surface area contributed by atoms with Gasteiger partial charge in [0.1, 0.15) is 0 Å². The summed E-state index contributed by atoms with van der Waals surface area (Å²) in [7, 11) is 3.43. The number of carboxylic acids is 1. The molecule has 2 fully saturated rings. The van der Waals surface area contributed by atoms with Crippen molar-refractivity contribution in [3.8, 4) is 0 Å². The molecule has 4 atom stereocenters. The summed E-state index contributed by atoms with van der Waals surface area (Å²) in [6.45, 7) is 4.63. The number of carbonyl (C=O) groups is 2. The van der Waals surface area contributed by atoms with Crippen molar-refractivity contribution in [1.29, 1.82) is 0 Å². The Hall–Kier alpha value is -1.14. The molecule has 6 heteroatoms. The molecule has 2 heterocycles. The number of likely N-dealkylation sites (tertiary alicyclic amines) is 2. The number of carboxylic acid groups (broad SMARTS) is 1. The predicted molar refractivity (Wildman–Crippen MR) is 77.9 cm³/mol. The maximum Gasteiger partial charge on any atom is 0.310 e. The minimum Gasteiger partial charge on any atom is -0.481 e. The van der Waals surface area contributed by atoms with Gasteiger partial charge in [-0.15, -0.1) is 0 Å². The smallest absolute Gasteiger partial charge is 0.310 e. The van der Waals surface area contributed by atoms with Gasteiger partial charge >= 0.3 is 11.9 Å². The average molecular weight is 298 g/mol. The van der Waals surface area contributed by atoms with Crippen LogP contribution in [-0.4, -0.2) is 72.7 Å². The van der Waals surface area contributed by atoms with Crippen LogP contribution >= 0.6 is 0 Å². The van der Waals surface area contributed by atoms with Crippen molar-refractivity contribution in [1.82, 2.24) is 9.80 Å². The highest BCUT2D eigenvalue weighted by molar-refractivity contribution is 5.73. The Bertz CT molecular complexity index is 401. The third-order valence-corrected chi connectivity index (χ3v) is 5.24. The van der Waals surface area contributed by atoms with E-state index in [0.29, 0.717) is 0 Å². The van der Waals surface area contributed by atoms with Gasteiger partial charge in [-0.2, -0.15) is 0 Å². The van der Waals surface area contributed by atoms with Gasteiger partial charge < -0.3 is 14.7 Å². The molecule has 1 unspecified atom stereocenters. The number of methoxy groups -OCH3 is 1. The zero-order valence-electron chi connectivity index (χ0n) is 13.1. The molecule has 0 bridgehead atoms. The van der Waals surface area contributed by atoms with Crippen molar-refractivity contribution < 1.29 is 19.4 Å². The normalized spacial score (nSPS) is 34.2. The summed E-state index contributed by atoms with van der Waals surface area (Å²) in [5.41, 5.74) is 0. The van der Waals surface area contributed by atoms with Crippen molar-refractivity contribution >= 4 is 11.9 Å². The Labute approximate surface area is 126 Å². The molecule has 0 aromatic rings. The van der Waals surface area contributed by atoms with Crippen LogP contribution in [0.2, 0.25) is 0 Å². The number of hydrogen-bond acceptors (Lipinski definition) is 5. The van der Waals surface area contributed by atoms with Gasteiger partial charge in [-0.05, 0) is 52.9 Å². The summed E-state index contributed by atoms with van der Waals surface area (Å²) in [6, 6.07) is 0.277. The number of ether oxygens (including phenoxy) is 1. The number of hydrogen-bond donors (Lipinski definition) is 1. The molecule has 0 aromatic carbocycles. The van der Waals surface area contributed by atoms with E-state index < -0.39 is 5.97 Å². The third kappa shape index (κ3) is 3.37. The molecule has 0 spiro atoms. The quantitative estimate of drug-likeness (QED) is 0.752. The van der Waals surface area contributed by atoms with Crippen molar-refractivity contribution in [3.05, 3.63) is 0 Å². The monoisotopic (exact) mass is 298 g/mol. The van der Waals surface area contributed by atoms with Gasteiger partial charge in [0.25, 0.3) is 0 Å². The lowest BCUT2D eigenvalue weighted by molar-refractivity contribution is -0.146. The molecule has 0 aromatic heterocycles. The predicted octanol–water partition coefficient (Wildman–Crippen LogP) is 0.665. The number of nitrogens with zero attached hydrogens (tertiary/aromatic N) is 2. The summed E-state index contributed by atoms with van der Waals surface area (Å²) >= 11 is 0. The maximum absolute atomic E-state index is 11.7. The lowest BCUT2D eigenvalue weighted by Gasteiger charge is -2.28. The average Bonchev–Trinajstić information content (AvgIpc) is 2.99. The first-order valence-corrected chi connectivity index (χ1v) is 7.70. The van der Waals surface area contributed by atoms with Crippen LogP contribution in [-0.2, 0) is 14.3 Å². The Morgan fingerprint density at radius 3 is 2.52 bits per heavy atom. The molecule has 0 radical (unpaired) electrons. The molecule has 6 nitrogen and oxygen atoms in total. The molecule has 0 saturated carbocycles. The number of carbonyl (C=O) groups excluding carboxylic acids is 1. The van der Waals surface area contributed by atoms with Crippen LogP contribution in [0.3, 0.4) is 0 Å². The lowest BCUT2D eigenvalue weighted by atomic mass is 9.97. The van der Waals surface area contributed by atoms with E-state index in [9.17, 15) is 14.7 Å². The van der Waals surface area contributed by atoms with Crippen LogP contribution in [0.5, 0.6) is 0 Å². The summed E-state index contributed by atoms with van der Waals surface area (Å²) in [4.78, 5) is 27.4. The van der Waals surface area contributed by atoms with E-state index in [0.717, 1.165) is 38.9 Å². The summed E-state index contributed by atoms with van der Waals surface area (Å²) in [6.07, 6.45) is 2.40. The first-order valence-electron chi connectivity index (χ1n) is 7.70. The highest BCUT2D eigenvalue weighted by atomic mass is 16.5. The van der Waals surface area contributed by atoms with E-state index in [1.54, 1.807) is 0 Å². The van der Waals surface area contributed by atoms with Crippen LogP contribution in [0, 0.1) is 11.8 Å². The van der Waals surface area contributed by atoms with E-state index in [1.165, 1.54) is 7.11 Å². The number of rotatable bonds is 5. The van der Waals surface area contributed by atoms with E-state index in [1.807, 2.05) is 7.05 Å². The van der Waals surface area contributed by atoms with Crippen LogP contribution in [0.25, 0.3) is 0 Å². The first-order chi connectivity index (χ1) is 9.95. The maximum atomic E-state index is 11.7. The molecule has 0 amide bonds. The minimum atomic E-state index is -0.689. The lowest BCUT2D eigenvalue weighted by Crippen LogP contribution is -2.39. The molecule has 120 valence electrons. The largest absolute Gasteiger partial charge is 0.481 e. The van der Waals surface area contributed by atoms with E-state index in [4.69, 9.17) is 4.74 Å². The molecule has 2 aliphatic heterocycles. The second-order valence-corrected chi connectivity index (χ2v) is 6.26. The summed E-state index contributed by atoms with van der Waals surface area (Å²) in [5.74, 6) is -1.13. The van der Waals surface area contributed by atoms with Crippen LogP contribution in [0.15, 0.2) is 0 Å². The summed E-state index contributed by atoms with van der Waals surface area (Å²) in [5, 5.41) is 9.29. The van der Waals surface area contributed by atoms with Gasteiger partial charge in [0, 0.05) is 12.1 Å². The van der Waals surface area contributed by atoms with Crippen molar-refractivity contribution in [2.75, 3.05) is 33.8 Å². The highest BCUT2D eigenvalue weighted by Gasteiger charge is 2.39. The highest BCUT2D eigenvalue weighted by Crippen LogP contribution is 2.29. The van der Waals surface area contributed by atoms with Crippen LogP contribution in [0.4, 0.5) is 0 Å². The topological polar surface area (TPSA) is 70.1 Å². The van der Waals surface area contributed by atoms with Gasteiger partial charge in [0.15, 0.2) is 0 Å². The second kappa shape index (κ2) is 6.75. The van der Waals surface area contributed by atoms with E-state index >= 15 is 0 Å². The van der Waals surface area contributed by atoms with Gasteiger partial charge in [-0.3, -0.25) is 14.5 Å². The van der Waals surface area contributed by atoms with Gasteiger partial charge in [0.2, 0.25) is 0 Å². The molecule has 1 N–H and O–H groups in total. The Balaban J connectivity index is 1.88. The number of aliphatic carboxylic acids is 1. The van der Waals surface area contributed by atoms with Crippen molar-refractivity contribution in [3.63, 3.8) is 0 Å². The molecular formula is C15H26N2O4. The fourth-order valence-corrected chi connectivity index (χ4v) is 3.80. The Kier molecular flexibility index (Phi) is 5.22. The molecule has 21 heavy (non-hydrogen) atoms. The molecule has 2 aliphatic rings. The number of esters is 1. The van der Waals surface area contributed by atoms with Crippen molar-refractivity contribution in [2.24, 2.45) is 11.8 Å². The third-order valence-electron chi connectivity index (χ3n) is 5.24. The van der Waals surface area contributed by atoms with Crippen LogP contribution < -0.4 is 0 Å². The zero-order chi connectivity index (χ0) is 15.6. The fourth-order valence-electron chi connectivity index (χ4n) is 3.80. The SMILES string of the molecule is COC(=O)[C@H]1CCN(CCC2[C@@H](C(=O)O)CCN2C)[C@H]1C. The molecular weight excluding hydrogens is 272 g/mol. The fraction of sp³-hybridized carbons (Fsp3) is 0.867. The first kappa shape index (κ1) is 16.2.